The van der Waals surface area contributed by atoms with Crippen LogP contribution >= 0.6 is 0 Å². The molecule has 142 valence electrons. The monoisotopic (exact) mass is 350 g/mol. The molecule has 5 nitrogen and oxygen atoms in total. The number of aliphatic imine (C=N–C) groups is 1. The summed E-state index contributed by atoms with van der Waals surface area (Å²) in [5, 5.41) is 9.20. The number of rotatable bonds is 14. The van der Waals surface area contributed by atoms with Crippen molar-refractivity contribution in [3.8, 4) is 0 Å². The van der Waals surface area contributed by atoms with Crippen molar-refractivity contribution in [2.45, 2.75) is 84.2 Å². The first-order valence-corrected chi connectivity index (χ1v) is 9.77. The fraction of sp³-hybridized carbons (Fsp3) is 0.700. The van der Waals surface area contributed by atoms with Gasteiger partial charge in [0.1, 0.15) is 12.4 Å². The van der Waals surface area contributed by atoms with E-state index >= 15 is 0 Å². The molecule has 1 heterocycles. The Morgan fingerprint density at radius 1 is 1.20 bits per heavy atom. The van der Waals surface area contributed by atoms with Crippen LogP contribution in [0.1, 0.15) is 78.1 Å². The molecule has 1 aliphatic rings. The van der Waals surface area contributed by atoms with Crippen molar-refractivity contribution in [2.75, 3.05) is 6.54 Å². The number of quaternary nitrogens is 1. The van der Waals surface area contributed by atoms with Crippen LogP contribution in [0.5, 0.6) is 0 Å². The molecule has 3 N–H and O–H groups in total. The molecule has 0 spiro atoms. The zero-order valence-corrected chi connectivity index (χ0v) is 16.0. The number of aliphatic carboxylic acids is 1. The fourth-order valence-electron chi connectivity index (χ4n) is 3.24. The Balaban J connectivity index is 2.20. The van der Waals surface area contributed by atoms with E-state index in [9.17, 15) is 9.90 Å². The standard InChI is InChI=1S/C20H35N3O2/c1-3-4-5-6-7-8-9-10-11-12-13-14-19-22-15-16-23(19,18(2)21)17-20(24)25/h5-6,15-16,18H,3-4,7-14,17,21H2,1-2H3/p+1/b6-5+. The van der Waals surface area contributed by atoms with Crippen molar-refractivity contribution in [1.82, 2.24) is 0 Å². The molecular formula is C20H36N3O2+. The van der Waals surface area contributed by atoms with Gasteiger partial charge in [0.2, 0.25) is 5.84 Å². The molecule has 0 aromatic carbocycles. The molecule has 0 saturated carbocycles. The third kappa shape index (κ3) is 7.53. The Morgan fingerprint density at radius 2 is 1.84 bits per heavy atom. The number of hydrogen-bond acceptors (Lipinski definition) is 3. The van der Waals surface area contributed by atoms with Crippen LogP contribution in [0.2, 0.25) is 0 Å². The first kappa shape index (κ1) is 21.6. The maximum Gasteiger partial charge on any atom is 0.360 e. The maximum absolute atomic E-state index is 11.2. The number of carbonyl (C=O) groups is 1. The van der Waals surface area contributed by atoms with Gasteiger partial charge in [-0.3, -0.25) is 5.73 Å². The topological polar surface area (TPSA) is 75.7 Å². The van der Waals surface area contributed by atoms with Crippen molar-refractivity contribution >= 4 is 11.8 Å². The first-order valence-electron chi connectivity index (χ1n) is 9.77. The van der Waals surface area contributed by atoms with Crippen LogP contribution in [0.25, 0.3) is 0 Å². The molecule has 0 fully saturated rings. The molecule has 2 atom stereocenters. The predicted molar refractivity (Wildman–Crippen MR) is 104 cm³/mol. The fourth-order valence-corrected chi connectivity index (χ4v) is 3.24. The maximum atomic E-state index is 11.2. The lowest BCUT2D eigenvalue weighted by Gasteiger charge is -2.34. The number of allylic oxidation sites excluding steroid dienone is 2. The summed E-state index contributed by atoms with van der Waals surface area (Å²) in [6.45, 7) is 4.03. The average molecular weight is 351 g/mol. The van der Waals surface area contributed by atoms with Gasteiger partial charge in [0.15, 0.2) is 6.54 Å². The predicted octanol–water partition coefficient (Wildman–Crippen LogP) is 4.55. The van der Waals surface area contributed by atoms with Crippen molar-refractivity contribution in [3.63, 3.8) is 0 Å². The number of nitrogens with zero attached hydrogens (tertiary/aromatic N) is 2. The number of nitrogens with two attached hydrogens (primary N) is 1. The minimum atomic E-state index is -0.843. The summed E-state index contributed by atoms with van der Waals surface area (Å²) < 4.78 is 0.166. The largest absolute Gasteiger partial charge is 0.477 e. The van der Waals surface area contributed by atoms with Crippen LogP contribution in [-0.2, 0) is 4.79 Å². The van der Waals surface area contributed by atoms with Gasteiger partial charge in [-0.25, -0.2) is 14.3 Å². The summed E-state index contributed by atoms with van der Waals surface area (Å²) in [5.41, 5.74) is 6.07. The van der Waals surface area contributed by atoms with Gasteiger partial charge in [-0.15, -0.1) is 0 Å². The van der Waals surface area contributed by atoms with E-state index < -0.39 is 5.97 Å². The molecule has 0 bridgehead atoms. The summed E-state index contributed by atoms with van der Waals surface area (Å²) in [7, 11) is 0. The van der Waals surface area contributed by atoms with Gasteiger partial charge in [-0.2, -0.15) is 0 Å². The molecule has 0 aromatic heterocycles. The summed E-state index contributed by atoms with van der Waals surface area (Å²) >= 11 is 0. The molecular weight excluding hydrogens is 314 g/mol. The van der Waals surface area contributed by atoms with E-state index in [4.69, 9.17) is 5.73 Å². The SMILES string of the molecule is CCC/C=C/CCCCCCCCC1=NC=C[N+]1(CC(=O)O)C(C)N. The van der Waals surface area contributed by atoms with E-state index in [1.807, 2.05) is 13.1 Å². The highest BCUT2D eigenvalue weighted by molar-refractivity contribution is 5.81. The molecule has 0 aromatic rings. The molecule has 2 unspecified atom stereocenters. The van der Waals surface area contributed by atoms with E-state index in [2.05, 4.69) is 24.1 Å². The van der Waals surface area contributed by atoms with Gasteiger partial charge >= 0.3 is 5.97 Å². The highest BCUT2D eigenvalue weighted by Gasteiger charge is 2.40. The summed E-state index contributed by atoms with van der Waals surface area (Å²) in [5.74, 6) is 0.0444. The quantitative estimate of drug-likeness (QED) is 0.274. The van der Waals surface area contributed by atoms with E-state index in [1.165, 1.54) is 44.9 Å². The van der Waals surface area contributed by atoms with Gasteiger partial charge in [0.05, 0.1) is 6.20 Å². The Hall–Kier alpha value is -1.46. The molecule has 1 aliphatic heterocycles. The summed E-state index contributed by atoms with van der Waals surface area (Å²) in [6, 6.07) is 0. The highest BCUT2D eigenvalue weighted by Crippen LogP contribution is 2.23. The number of hydrogen-bond donors (Lipinski definition) is 2. The highest BCUT2D eigenvalue weighted by atomic mass is 16.4. The van der Waals surface area contributed by atoms with Crippen molar-refractivity contribution in [2.24, 2.45) is 10.7 Å². The van der Waals surface area contributed by atoms with Gasteiger partial charge in [0, 0.05) is 13.3 Å². The number of carboxylic acid groups (broad SMARTS) is 1. The molecule has 0 radical (unpaired) electrons. The van der Waals surface area contributed by atoms with E-state index in [0.29, 0.717) is 0 Å². The lowest BCUT2D eigenvalue weighted by atomic mass is 10.1. The average Bonchev–Trinajstić information content (AvgIpc) is 2.96. The number of amidine groups is 1. The first-order chi connectivity index (χ1) is 12.0. The molecule has 25 heavy (non-hydrogen) atoms. The molecule has 1 rings (SSSR count). The second kappa shape index (κ2) is 12.0. The van der Waals surface area contributed by atoms with Crippen LogP contribution in [0.3, 0.4) is 0 Å². The number of unbranched alkanes of at least 4 members (excludes halogenated alkanes) is 7. The van der Waals surface area contributed by atoms with Crippen molar-refractivity contribution < 1.29 is 14.4 Å². The lowest BCUT2D eigenvalue weighted by molar-refractivity contribution is -0.805. The van der Waals surface area contributed by atoms with E-state index in [1.54, 1.807) is 6.20 Å². The van der Waals surface area contributed by atoms with E-state index in [-0.39, 0.29) is 17.2 Å². The second-order valence-corrected chi connectivity index (χ2v) is 6.99. The molecule has 0 aliphatic carbocycles. The number of carboxylic acids is 1. The van der Waals surface area contributed by atoms with Gasteiger partial charge in [0.25, 0.3) is 0 Å². The Bertz CT molecular complexity index is 483. The van der Waals surface area contributed by atoms with Crippen LogP contribution < -0.4 is 5.73 Å². The second-order valence-electron chi connectivity index (χ2n) is 6.99. The Morgan fingerprint density at radius 3 is 2.48 bits per heavy atom. The summed E-state index contributed by atoms with van der Waals surface area (Å²) in [4.78, 5) is 15.6. The van der Waals surface area contributed by atoms with Gasteiger partial charge in [-0.1, -0.05) is 51.2 Å². The minimum Gasteiger partial charge on any atom is -0.477 e. The third-order valence-corrected chi connectivity index (χ3v) is 4.80. The van der Waals surface area contributed by atoms with Gasteiger partial charge < -0.3 is 5.11 Å². The molecule has 0 amide bonds. The van der Waals surface area contributed by atoms with Crippen LogP contribution in [-0.4, -0.2) is 34.1 Å². The minimum absolute atomic E-state index is 0.0292. The van der Waals surface area contributed by atoms with Crippen LogP contribution in [0, 0.1) is 0 Å². The van der Waals surface area contributed by atoms with Crippen molar-refractivity contribution in [3.05, 3.63) is 24.6 Å². The van der Waals surface area contributed by atoms with E-state index in [0.717, 1.165) is 25.1 Å². The van der Waals surface area contributed by atoms with Gasteiger partial charge in [-0.05, 0) is 25.7 Å². The zero-order chi connectivity index (χ0) is 18.5. The Labute approximate surface area is 152 Å². The normalized spacial score (nSPS) is 21.0. The smallest absolute Gasteiger partial charge is 0.360 e. The zero-order valence-electron chi connectivity index (χ0n) is 16.0. The summed E-state index contributed by atoms with van der Waals surface area (Å²) in [6.07, 6.45) is 19.5. The van der Waals surface area contributed by atoms with Crippen LogP contribution in [0.4, 0.5) is 0 Å². The lowest BCUT2D eigenvalue weighted by Crippen LogP contribution is -2.59. The van der Waals surface area contributed by atoms with Crippen LogP contribution in [0.15, 0.2) is 29.5 Å². The van der Waals surface area contributed by atoms with Crippen molar-refractivity contribution in [1.29, 1.82) is 0 Å². The third-order valence-electron chi connectivity index (χ3n) is 4.80. The Kier molecular flexibility index (Phi) is 10.3. The molecule has 5 heteroatoms. The molecule has 0 saturated heterocycles.